The van der Waals surface area contributed by atoms with E-state index in [2.05, 4.69) is 0 Å². The Kier molecular flexibility index (Phi) is 4.10. The topological polar surface area (TPSA) is 46.5 Å². The van der Waals surface area contributed by atoms with Gasteiger partial charge in [-0.2, -0.15) is 0 Å². The van der Waals surface area contributed by atoms with Gasteiger partial charge in [0.25, 0.3) is 0 Å². The SMILES string of the molecule is O=C(O[C@H]1C=C(CO)C2(C1)SCCS2)c1ccccc1. The van der Waals surface area contributed by atoms with Crippen molar-refractivity contribution in [1.82, 2.24) is 0 Å². The van der Waals surface area contributed by atoms with Crippen LogP contribution in [0.1, 0.15) is 16.8 Å². The summed E-state index contributed by atoms with van der Waals surface area (Å²) in [7, 11) is 0. The predicted octanol–water partition coefficient (Wildman–Crippen LogP) is 2.71. The second kappa shape index (κ2) is 5.84. The number of rotatable bonds is 3. The van der Waals surface area contributed by atoms with E-state index in [1.54, 1.807) is 12.1 Å². The molecule has 1 N–H and O–H groups in total. The van der Waals surface area contributed by atoms with Gasteiger partial charge in [0.15, 0.2) is 0 Å². The number of hydrogen-bond acceptors (Lipinski definition) is 5. The first kappa shape index (κ1) is 14.0. The third-order valence-electron chi connectivity index (χ3n) is 3.54. The Labute approximate surface area is 126 Å². The molecule has 0 amide bonds. The molecule has 1 aliphatic carbocycles. The van der Waals surface area contributed by atoms with E-state index in [0.717, 1.165) is 23.5 Å². The lowest BCUT2D eigenvalue weighted by Gasteiger charge is -2.24. The average molecular weight is 308 g/mol. The number of aliphatic hydroxyl groups excluding tert-OH is 1. The lowest BCUT2D eigenvalue weighted by atomic mass is 10.2. The van der Waals surface area contributed by atoms with Crippen molar-refractivity contribution >= 4 is 29.5 Å². The number of esters is 1. The van der Waals surface area contributed by atoms with Crippen molar-refractivity contribution < 1.29 is 14.6 Å². The molecule has 1 aromatic carbocycles. The van der Waals surface area contributed by atoms with Gasteiger partial charge in [-0.05, 0) is 23.8 Å². The Morgan fingerprint density at radius 3 is 2.65 bits per heavy atom. The van der Waals surface area contributed by atoms with Gasteiger partial charge in [-0.15, -0.1) is 23.5 Å². The Morgan fingerprint density at radius 1 is 1.30 bits per heavy atom. The molecule has 1 saturated heterocycles. The summed E-state index contributed by atoms with van der Waals surface area (Å²) >= 11 is 3.71. The van der Waals surface area contributed by atoms with Crippen LogP contribution >= 0.6 is 23.5 Å². The fraction of sp³-hybridized carbons (Fsp3) is 0.400. The van der Waals surface area contributed by atoms with Gasteiger partial charge in [0, 0.05) is 17.9 Å². The minimum atomic E-state index is -0.297. The predicted molar refractivity (Wildman–Crippen MR) is 83.1 cm³/mol. The summed E-state index contributed by atoms with van der Waals surface area (Å²) in [6, 6.07) is 9.03. The van der Waals surface area contributed by atoms with Gasteiger partial charge in [0.2, 0.25) is 0 Å². The van der Waals surface area contributed by atoms with Gasteiger partial charge in [0.05, 0.1) is 16.2 Å². The molecule has 106 valence electrons. The van der Waals surface area contributed by atoms with Crippen LogP contribution in [0.3, 0.4) is 0 Å². The molecule has 1 heterocycles. The normalized spacial score (nSPS) is 23.9. The summed E-state index contributed by atoms with van der Waals surface area (Å²) in [6.07, 6.45) is 2.45. The molecular formula is C15H16O3S2. The number of ether oxygens (including phenoxy) is 1. The molecular weight excluding hydrogens is 292 g/mol. The maximum atomic E-state index is 12.1. The molecule has 1 fully saturated rings. The zero-order valence-corrected chi connectivity index (χ0v) is 12.6. The minimum Gasteiger partial charge on any atom is -0.454 e. The van der Waals surface area contributed by atoms with E-state index < -0.39 is 0 Å². The second-order valence-corrected chi connectivity index (χ2v) is 7.86. The summed E-state index contributed by atoms with van der Waals surface area (Å²) in [6.45, 7) is 0.0411. The van der Waals surface area contributed by atoms with Crippen LogP contribution in [0.2, 0.25) is 0 Å². The molecule has 3 nitrogen and oxygen atoms in total. The van der Waals surface area contributed by atoms with E-state index >= 15 is 0 Å². The quantitative estimate of drug-likeness (QED) is 0.687. The van der Waals surface area contributed by atoms with Gasteiger partial charge in [0.1, 0.15) is 6.10 Å². The van der Waals surface area contributed by atoms with Crippen molar-refractivity contribution in [3.05, 3.63) is 47.5 Å². The van der Waals surface area contributed by atoms with Crippen LogP contribution in [0, 0.1) is 0 Å². The van der Waals surface area contributed by atoms with Gasteiger partial charge >= 0.3 is 5.97 Å². The highest BCUT2D eigenvalue weighted by molar-refractivity contribution is 8.21. The molecule has 1 spiro atoms. The van der Waals surface area contributed by atoms with E-state index in [4.69, 9.17) is 4.74 Å². The smallest absolute Gasteiger partial charge is 0.338 e. The van der Waals surface area contributed by atoms with Gasteiger partial charge in [-0.3, -0.25) is 0 Å². The molecule has 1 atom stereocenters. The standard InChI is InChI=1S/C15H16O3S2/c16-10-12-8-13(9-15(12)19-6-7-20-15)18-14(17)11-4-2-1-3-5-11/h1-5,8,13,16H,6-7,9-10H2/t13-/m0/s1. The molecule has 1 aromatic rings. The molecule has 3 rings (SSSR count). The van der Waals surface area contributed by atoms with Crippen LogP contribution in [0.15, 0.2) is 42.0 Å². The van der Waals surface area contributed by atoms with Gasteiger partial charge in [-0.25, -0.2) is 4.79 Å². The maximum Gasteiger partial charge on any atom is 0.338 e. The van der Waals surface area contributed by atoms with Crippen LogP contribution in [-0.2, 0) is 4.74 Å². The Hall–Kier alpha value is -0.910. The molecule has 5 heteroatoms. The highest BCUT2D eigenvalue weighted by Crippen LogP contribution is 2.55. The largest absolute Gasteiger partial charge is 0.454 e. The fourth-order valence-electron chi connectivity index (χ4n) is 2.59. The summed E-state index contributed by atoms with van der Waals surface area (Å²) in [4.78, 5) is 12.1. The summed E-state index contributed by atoms with van der Waals surface area (Å²) < 4.78 is 5.49. The van der Waals surface area contributed by atoms with Crippen LogP contribution in [0.25, 0.3) is 0 Å². The van der Waals surface area contributed by atoms with Crippen molar-refractivity contribution in [2.45, 2.75) is 16.6 Å². The highest BCUT2D eigenvalue weighted by atomic mass is 32.2. The molecule has 0 aromatic heterocycles. The van der Waals surface area contributed by atoms with E-state index in [1.807, 2.05) is 47.8 Å². The third-order valence-corrected chi connectivity index (χ3v) is 7.11. The van der Waals surface area contributed by atoms with Crippen LogP contribution in [0.5, 0.6) is 0 Å². The minimum absolute atomic E-state index is 0.0411. The van der Waals surface area contributed by atoms with Crippen molar-refractivity contribution in [2.24, 2.45) is 0 Å². The van der Waals surface area contributed by atoms with Crippen molar-refractivity contribution in [1.29, 1.82) is 0 Å². The molecule has 2 aliphatic rings. The Balaban J connectivity index is 1.71. The number of aliphatic hydroxyl groups is 1. The zero-order valence-electron chi connectivity index (χ0n) is 11.0. The van der Waals surface area contributed by atoms with Crippen molar-refractivity contribution in [2.75, 3.05) is 18.1 Å². The number of benzene rings is 1. The molecule has 0 bridgehead atoms. The third kappa shape index (κ3) is 2.62. The summed E-state index contributed by atoms with van der Waals surface area (Å²) in [5, 5.41) is 9.53. The number of thioether (sulfide) groups is 2. The maximum absolute atomic E-state index is 12.1. The second-order valence-electron chi connectivity index (χ2n) is 4.81. The van der Waals surface area contributed by atoms with Crippen LogP contribution < -0.4 is 0 Å². The molecule has 20 heavy (non-hydrogen) atoms. The Bertz CT molecular complexity index is 521. The summed E-state index contributed by atoms with van der Waals surface area (Å²) in [5.74, 6) is 1.87. The number of carbonyl (C=O) groups excluding carboxylic acids is 1. The number of hydrogen-bond donors (Lipinski definition) is 1. The van der Waals surface area contributed by atoms with E-state index in [9.17, 15) is 9.90 Å². The first-order chi connectivity index (χ1) is 9.73. The zero-order chi connectivity index (χ0) is 14.0. The van der Waals surface area contributed by atoms with Gasteiger partial charge < -0.3 is 9.84 Å². The number of carbonyl (C=O) groups is 1. The highest BCUT2D eigenvalue weighted by Gasteiger charge is 2.46. The fourth-order valence-corrected chi connectivity index (χ4v) is 5.95. The van der Waals surface area contributed by atoms with Crippen molar-refractivity contribution in [3.63, 3.8) is 0 Å². The Morgan fingerprint density at radius 2 is 2.00 bits per heavy atom. The van der Waals surface area contributed by atoms with Crippen LogP contribution in [0.4, 0.5) is 0 Å². The van der Waals surface area contributed by atoms with Gasteiger partial charge in [-0.1, -0.05) is 18.2 Å². The molecule has 0 radical (unpaired) electrons. The summed E-state index contributed by atoms with van der Waals surface area (Å²) in [5.41, 5.74) is 1.56. The lowest BCUT2D eigenvalue weighted by molar-refractivity contribution is 0.0394. The van der Waals surface area contributed by atoms with E-state index in [0.29, 0.717) is 5.56 Å². The molecule has 0 saturated carbocycles. The van der Waals surface area contributed by atoms with E-state index in [1.165, 1.54) is 0 Å². The first-order valence-corrected chi connectivity index (χ1v) is 8.57. The van der Waals surface area contributed by atoms with Crippen molar-refractivity contribution in [3.8, 4) is 0 Å². The van der Waals surface area contributed by atoms with Crippen LogP contribution in [-0.4, -0.2) is 39.4 Å². The lowest BCUT2D eigenvalue weighted by Crippen LogP contribution is -2.22. The first-order valence-electron chi connectivity index (χ1n) is 6.59. The molecule has 1 aliphatic heterocycles. The average Bonchev–Trinajstić information content (AvgIpc) is 3.08. The van der Waals surface area contributed by atoms with E-state index in [-0.39, 0.29) is 22.8 Å². The monoisotopic (exact) mass is 308 g/mol. The molecule has 0 unspecified atom stereocenters.